The molecule has 4 aromatic carbocycles. The van der Waals surface area contributed by atoms with E-state index >= 15 is 0 Å². The Morgan fingerprint density at radius 1 is 0.692 bits per heavy atom. The number of anilines is 3. The van der Waals surface area contributed by atoms with E-state index in [-0.39, 0.29) is 30.5 Å². The molecule has 13 nitrogen and oxygen atoms in total. The highest BCUT2D eigenvalue weighted by Gasteiger charge is 2.31. The molecule has 0 unspecified atom stereocenters. The maximum atomic E-state index is 13.4. The van der Waals surface area contributed by atoms with Gasteiger partial charge in [-0.2, -0.15) is 23.7 Å². The quantitative estimate of drug-likeness (QED) is 0.135. The van der Waals surface area contributed by atoms with Gasteiger partial charge in [-0.1, -0.05) is 18.2 Å². The van der Waals surface area contributed by atoms with E-state index in [0.29, 0.717) is 40.2 Å². The maximum absolute atomic E-state index is 13.4. The van der Waals surface area contributed by atoms with Gasteiger partial charge in [0.2, 0.25) is 13.6 Å². The molecule has 0 aliphatic carbocycles. The first-order valence-corrected chi connectivity index (χ1v) is 16.3. The molecule has 17 heteroatoms. The van der Waals surface area contributed by atoms with Crippen molar-refractivity contribution >= 4 is 51.1 Å². The minimum absolute atomic E-state index is 0.00314. The van der Waals surface area contributed by atoms with Crippen molar-refractivity contribution in [3.63, 3.8) is 0 Å². The molecule has 52 heavy (non-hydrogen) atoms. The Morgan fingerprint density at radius 3 is 1.77 bits per heavy atom. The van der Waals surface area contributed by atoms with Crippen LogP contribution in [0.3, 0.4) is 0 Å². The fourth-order valence-electron chi connectivity index (χ4n) is 4.89. The topological polar surface area (TPSA) is 189 Å². The van der Waals surface area contributed by atoms with E-state index < -0.39 is 49.7 Å². The van der Waals surface area contributed by atoms with E-state index in [2.05, 4.69) is 15.4 Å². The summed E-state index contributed by atoms with van der Waals surface area (Å²) in [4.78, 5) is 26.2. The number of alkyl halides is 3. The van der Waals surface area contributed by atoms with E-state index in [4.69, 9.17) is 18.9 Å². The number of amides is 2. The van der Waals surface area contributed by atoms with Crippen molar-refractivity contribution in [3.8, 4) is 35.1 Å². The molecule has 0 radical (unpaired) electrons. The summed E-state index contributed by atoms with van der Waals surface area (Å²) in [5.74, 6) is -0.264. The van der Waals surface area contributed by atoms with Crippen molar-refractivity contribution in [2.75, 3.05) is 28.9 Å². The number of halogens is 3. The van der Waals surface area contributed by atoms with Gasteiger partial charge in [-0.15, -0.1) is 0 Å². The van der Waals surface area contributed by atoms with Gasteiger partial charge in [0.1, 0.15) is 23.3 Å². The standard InChI is InChI=1S/C35H22F3N5O8S/c36-35(37,38)24-2-1-3-25(14-24)43-52(46,47)26-6-7-27(41-33(44)22(16-39)10-20-4-8-29-31(12-20)50-18-48-29)28(15-26)42-34(45)23(17-40)11-21-5-9-30-32(13-21)51-19-49-30/h1-15,43H,18-19H2,(H,41,44)(H,42,45). The summed E-state index contributed by atoms with van der Waals surface area (Å²) in [5, 5.41) is 24.5. The fraction of sp³-hybridized carbons (Fsp3) is 0.0857. The van der Waals surface area contributed by atoms with E-state index in [1.807, 2.05) is 0 Å². The second-order valence-corrected chi connectivity index (χ2v) is 12.5. The van der Waals surface area contributed by atoms with Crippen LogP contribution in [0.2, 0.25) is 0 Å². The summed E-state index contributed by atoms with van der Waals surface area (Å²) >= 11 is 0. The van der Waals surface area contributed by atoms with Gasteiger partial charge in [-0.3, -0.25) is 14.3 Å². The molecule has 0 spiro atoms. The third-order valence-corrected chi connectivity index (χ3v) is 8.76. The number of carbonyl (C=O) groups is 2. The average molecular weight is 730 g/mol. The van der Waals surface area contributed by atoms with Crippen molar-refractivity contribution in [3.05, 3.63) is 107 Å². The fourth-order valence-corrected chi connectivity index (χ4v) is 5.97. The molecule has 0 fully saturated rings. The Morgan fingerprint density at radius 2 is 1.23 bits per heavy atom. The lowest BCUT2D eigenvalue weighted by Crippen LogP contribution is -2.20. The van der Waals surface area contributed by atoms with Gasteiger partial charge < -0.3 is 29.6 Å². The minimum atomic E-state index is -4.75. The Bertz CT molecular complexity index is 2380. The summed E-state index contributed by atoms with van der Waals surface area (Å²) in [6.07, 6.45) is -2.26. The van der Waals surface area contributed by atoms with Gasteiger partial charge in [0, 0.05) is 5.69 Å². The molecule has 2 heterocycles. The van der Waals surface area contributed by atoms with Crippen LogP contribution in [-0.2, 0) is 25.8 Å². The minimum Gasteiger partial charge on any atom is -0.454 e. The Hall–Kier alpha value is -6.98. The highest BCUT2D eigenvalue weighted by atomic mass is 32.2. The molecule has 4 aromatic rings. The molecule has 2 amide bonds. The second kappa shape index (κ2) is 14.1. The molecule has 0 aromatic heterocycles. The van der Waals surface area contributed by atoms with E-state index in [9.17, 15) is 41.7 Å². The normalized spacial score (nSPS) is 13.5. The number of fused-ring (bicyclic) bond motifs is 2. The SMILES string of the molecule is N#CC(=Cc1ccc2c(c1)OCO2)C(=O)Nc1ccc(S(=O)(=O)Nc2cccc(C(F)(F)F)c2)cc1NC(=O)C(C#N)=Cc1ccc2c(c1)OCO2. The van der Waals surface area contributed by atoms with Crippen LogP contribution >= 0.6 is 0 Å². The number of nitrogens with zero attached hydrogens (tertiary/aromatic N) is 2. The smallest absolute Gasteiger partial charge is 0.416 e. The van der Waals surface area contributed by atoms with E-state index in [1.165, 1.54) is 18.2 Å². The molecular formula is C35H22F3N5O8S. The number of hydrogen-bond acceptors (Lipinski definition) is 10. The Kier molecular flexibility index (Phi) is 9.45. The molecule has 0 saturated heterocycles. The largest absolute Gasteiger partial charge is 0.454 e. The van der Waals surface area contributed by atoms with Gasteiger partial charge in [0.05, 0.1) is 21.8 Å². The number of carbonyl (C=O) groups excluding carboxylic acids is 2. The Balaban J connectivity index is 1.32. The number of nitriles is 2. The molecule has 3 N–H and O–H groups in total. The van der Waals surface area contributed by atoms with Crippen LogP contribution in [0.25, 0.3) is 12.2 Å². The first kappa shape index (κ1) is 34.9. The number of rotatable bonds is 9. The molecule has 0 atom stereocenters. The molecular weight excluding hydrogens is 707 g/mol. The van der Waals surface area contributed by atoms with Gasteiger partial charge in [0.25, 0.3) is 21.8 Å². The van der Waals surface area contributed by atoms with Gasteiger partial charge in [0.15, 0.2) is 23.0 Å². The summed E-state index contributed by atoms with van der Waals surface area (Å²) < 4.78 is 89.8. The lowest BCUT2D eigenvalue weighted by atomic mass is 10.1. The number of benzene rings is 4. The van der Waals surface area contributed by atoms with Crippen LogP contribution in [-0.4, -0.2) is 33.8 Å². The van der Waals surface area contributed by atoms with Gasteiger partial charge in [-0.05, 0) is 83.9 Å². The van der Waals surface area contributed by atoms with Crippen molar-refractivity contribution < 1.29 is 50.1 Å². The predicted octanol–water partition coefficient (Wildman–Crippen LogP) is 6.05. The zero-order valence-corrected chi connectivity index (χ0v) is 27.1. The van der Waals surface area contributed by atoms with E-state index in [0.717, 1.165) is 36.4 Å². The predicted molar refractivity (Wildman–Crippen MR) is 178 cm³/mol. The first-order chi connectivity index (χ1) is 24.8. The molecule has 6 rings (SSSR count). The number of hydrogen-bond donors (Lipinski definition) is 3. The van der Waals surface area contributed by atoms with Gasteiger partial charge >= 0.3 is 6.18 Å². The molecule has 0 saturated carbocycles. The van der Waals surface area contributed by atoms with Gasteiger partial charge in [-0.25, -0.2) is 8.42 Å². The first-order valence-electron chi connectivity index (χ1n) is 14.8. The van der Waals surface area contributed by atoms with Crippen LogP contribution in [0, 0.1) is 22.7 Å². The highest BCUT2D eigenvalue weighted by Crippen LogP contribution is 2.35. The van der Waals surface area contributed by atoms with Crippen molar-refractivity contribution in [2.45, 2.75) is 11.1 Å². The van der Waals surface area contributed by atoms with Crippen LogP contribution in [0.1, 0.15) is 16.7 Å². The highest BCUT2D eigenvalue weighted by molar-refractivity contribution is 7.92. The van der Waals surface area contributed by atoms with E-state index in [1.54, 1.807) is 42.5 Å². The summed E-state index contributed by atoms with van der Waals surface area (Å²) in [6.45, 7) is -0.00692. The van der Waals surface area contributed by atoms with Crippen LogP contribution < -0.4 is 34.3 Å². The molecule has 2 aliphatic rings. The lowest BCUT2D eigenvalue weighted by molar-refractivity contribution is -0.137. The third kappa shape index (κ3) is 7.75. The summed E-state index contributed by atoms with van der Waals surface area (Å²) in [6, 6.07) is 19.5. The number of sulfonamides is 1. The van der Waals surface area contributed by atoms with Crippen molar-refractivity contribution in [2.24, 2.45) is 0 Å². The summed E-state index contributed by atoms with van der Waals surface area (Å²) in [5.41, 5.74) is -2.05. The maximum Gasteiger partial charge on any atom is 0.416 e. The van der Waals surface area contributed by atoms with Crippen LogP contribution in [0.5, 0.6) is 23.0 Å². The monoisotopic (exact) mass is 729 g/mol. The number of ether oxygens (including phenoxy) is 4. The number of nitrogens with one attached hydrogen (secondary N) is 3. The zero-order chi connectivity index (χ0) is 37.0. The summed E-state index contributed by atoms with van der Waals surface area (Å²) in [7, 11) is -4.60. The van der Waals surface area contributed by atoms with Crippen molar-refractivity contribution in [1.29, 1.82) is 10.5 Å². The molecule has 2 aliphatic heterocycles. The van der Waals surface area contributed by atoms with Crippen LogP contribution in [0.15, 0.2) is 94.9 Å². The van der Waals surface area contributed by atoms with Crippen LogP contribution in [0.4, 0.5) is 30.2 Å². The Labute approximate surface area is 293 Å². The third-order valence-electron chi connectivity index (χ3n) is 7.39. The second-order valence-electron chi connectivity index (χ2n) is 10.9. The zero-order valence-electron chi connectivity index (χ0n) is 26.3. The van der Waals surface area contributed by atoms with Crippen molar-refractivity contribution in [1.82, 2.24) is 0 Å². The average Bonchev–Trinajstić information content (AvgIpc) is 3.79. The molecule has 262 valence electrons. The molecule has 0 bridgehead atoms. The lowest BCUT2D eigenvalue weighted by Gasteiger charge is -2.15.